The SMILES string of the molecule is CCNC(=NCC(c1cccs1)N1CCC(C)CC1)NCCc1nnc2ccccn12. The second kappa shape index (κ2) is 10.7. The van der Waals surface area contributed by atoms with Gasteiger partial charge in [-0.3, -0.25) is 14.3 Å². The quantitative estimate of drug-likeness (QED) is 0.416. The summed E-state index contributed by atoms with van der Waals surface area (Å²) < 4.78 is 2.04. The third-order valence-corrected chi connectivity index (χ3v) is 6.90. The van der Waals surface area contributed by atoms with Crippen molar-refractivity contribution in [3.05, 3.63) is 52.6 Å². The van der Waals surface area contributed by atoms with Crippen LogP contribution in [0.4, 0.5) is 0 Å². The first-order valence-electron chi connectivity index (χ1n) is 11.3. The number of fused-ring (bicyclic) bond motifs is 1. The zero-order valence-electron chi connectivity index (χ0n) is 18.5. The first-order chi connectivity index (χ1) is 15.2. The Balaban J connectivity index is 1.39. The molecule has 0 radical (unpaired) electrons. The lowest BCUT2D eigenvalue weighted by atomic mass is 9.97. The summed E-state index contributed by atoms with van der Waals surface area (Å²) in [4.78, 5) is 8.98. The molecule has 8 heteroatoms. The minimum atomic E-state index is 0.350. The van der Waals surface area contributed by atoms with Crippen LogP contribution in [0.3, 0.4) is 0 Å². The summed E-state index contributed by atoms with van der Waals surface area (Å²) in [5.74, 6) is 2.65. The number of nitrogens with zero attached hydrogens (tertiary/aromatic N) is 5. The van der Waals surface area contributed by atoms with E-state index in [4.69, 9.17) is 4.99 Å². The third-order valence-electron chi connectivity index (χ3n) is 5.92. The molecule has 31 heavy (non-hydrogen) atoms. The van der Waals surface area contributed by atoms with Gasteiger partial charge in [-0.15, -0.1) is 21.5 Å². The molecule has 1 unspecified atom stereocenters. The predicted octanol–water partition coefficient (Wildman–Crippen LogP) is 3.36. The molecule has 7 nitrogen and oxygen atoms in total. The van der Waals surface area contributed by atoms with Gasteiger partial charge in [0.15, 0.2) is 11.6 Å². The number of hydrogen-bond acceptors (Lipinski definition) is 5. The fourth-order valence-electron chi connectivity index (χ4n) is 4.08. The lowest BCUT2D eigenvalue weighted by Gasteiger charge is -2.35. The van der Waals surface area contributed by atoms with Gasteiger partial charge in [-0.1, -0.05) is 19.1 Å². The number of guanidine groups is 1. The molecule has 2 N–H and O–H groups in total. The van der Waals surface area contributed by atoms with Crippen LogP contribution in [0.25, 0.3) is 5.65 Å². The number of piperidine rings is 1. The fraction of sp³-hybridized carbons (Fsp3) is 0.522. The highest BCUT2D eigenvalue weighted by atomic mass is 32.1. The second-order valence-electron chi connectivity index (χ2n) is 8.19. The van der Waals surface area contributed by atoms with Gasteiger partial charge in [-0.2, -0.15) is 0 Å². The number of likely N-dealkylation sites (tertiary alicyclic amines) is 1. The summed E-state index contributed by atoms with van der Waals surface area (Å²) in [6.45, 7) is 9.13. The first kappa shape index (κ1) is 21.8. The van der Waals surface area contributed by atoms with Gasteiger partial charge in [0.1, 0.15) is 5.82 Å². The van der Waals surface area contributed by atoms with E-state index in [1.807, 2.05) is 40.1 Å². The van der Waals surface area contributed by atoms with E-state index in [2.05, 4.69) is 57.1 Å². The lowest BCUT2D eigenvalue weighted by Crippen LogP contribution is -2.40. The van der Waals surface area contributed by atoms with Crippen LogP contribution in [0.15, 0.2) is 46.9 Å². The summed E-state index contributed by atoms with van der Waals surface area (Å²) in [7, 11) is 0. The summed E-state index contributed by atoms with van der Waals surface area (Å²) >= 11 is 1.84. The van der Waals surface area contributed by atoms with Crippen molar-refractivity contribution in [3.63, 3.8) is 0 Å². The van der Waals surface area contributed by atoms with Gasteiger partial charge in [0, 0.05) is 30.6 Å². The van der Waals surface area contributed by atoms with Crippen LogP contribution in [-0.4, -0.2) is 58.2 Å². The topological polar surface area (TPSA) is 69.8 Å². The van der Waals surface area contributed by atoms with Crippen LogP contribution in [-0.2, 0) is 6.42 Å². The van der Waals surface area contributed by atoms with Crippen molar-refractivity contribution >= 4 is 22.9 Å². The van der Waals surface area contributed by atoms with Crippen LogP contribution in [0.1, 0.15) is 43.4 Å². The van der Waals surface area contributed by atoms with E-state index < -0.39 is 0 Å². The molecule has 1 saturated heterocycles. The highest BCUT2D eigenvalue weighted by Gasteiger charge is 2.25. The lowest BCUT2D eigenvalue weighted by molar-refractivity contribution is 0.143. The Morgan fingerprint density at radius 1 is 1.19 bits per heavy atom. The zero-order valence-corrected chi connectivity index (χ0v) is 19.3. The standard InChI is InChI=1S/C23H33N7S/c1-3-24-23(25-12-9-22-28-27-21-8-4-5-13-30(21)22)26-17-19(20-7-6-16-31-20)29-14-10-18(2)11-15-29/h4-8,13,16,18-19H,3,9-12,14-15,17H2,1-2H3,(H2,24,25,26). The Labute approximate surface area is 188 Å². The minimum absolute atomic E-state index is 0.350. The number of pyridine rings is 1. The average molecular weight is 440 g/mol. The highest BCUT2D eigenvalue weighted by molar-refractivity contribution is 7.10. The Bertz CT molecular complexity index is 957. The van der Waals surface area contributed by atoms with Gasteiger partial charge in [-0.05, 0) is 62.4 Å². The summed E-state index contributed by atoms with van der Waals surface area (Å²) in [5, 5.41) is 17.6. The molecule has 3 aromatic heterocycles. The normalized spacial score (nSPS) is 17.2. The van der Waals surface area contributed by atoms with Crippen LogP contribution in [0.2, 0.25) is 0 Å². The van der Waals surface area contributed by atoms with Crippen LogP contribution in [0.5, 0.6) is 0 Å². The Kier molecular flexibility index (Phi) is 7.53. The monoisotopic (exact) mass is 439 g/mol. The number of thiophene rings is 1. The van der Waals surface area contributed by atoms with Gasteiger partial charge in [0.05, 0.1) is 12.6 Å². The molecule has 4 heterocycles. The second-order valence-corrected chi connectivity index (χ2v) is 9.17. The maximum atomic E-state index is 4.96. The maximum Gasteiger partial charge on any atom is 0.191 e. The minimum Gasteiger partial charge on any atom is -0.357 e. The van der Waals surface area contributed by atoms with Crippen LogP contribution in [0, 0.1) is 5.92 Å². The van der Waals surface area contributed by atoms with E-state index in [0.717, 1.165) is 62.5 Å². The Hall–Kier alpha value is -2.45. The zero-order chi connectivity index (χ0) is 21.5. The van der Waals surface area contributed by atoms with Crippen molar-refractivity contribution in [2.75, 3.05) is 32.7 Å². The maximum absolute atomic E-state index is 4.96. The molecule has 1 aliphatic rings. The molecule has 0 bridgehead atoms. The Morgan fingerprint density at radius 3 is 2.84 bits per heavy atom. The molecule has 0 amide bonds. The molecule has 1 atom stereocenters. The van der Waals surface area contributed by atoms with Crippen LogP contribution < -0.4 is 10.6 Å². The number of hydrogen-bond donors (Lipinski definition) is 2. The molecule has 0 aromatic carbocycles. The van der Waals surface area contributed by atoms with Gasteiger partial charge in [0.2, 0.25) is 0 Å². The molecule has 0 saturated carbocycles. The third kappa shape index (κ3) is 5.62. The van der Waals surface area contributed by atoms with Crippen LogP contribution >= 0.6 is 11.3 Å². The molecule has 166 valence electrons. The Morgan fingerprint density at radius 2 is 2.06 bits per heavy atom. The van der Waals surface area contributed by atoms with E-state index in [9.17, 15) is 0 Å². The fourth-order valence-corrected chi connectivity index (χ4v) is 4.93. The van der Waals surface area contributed by atoms with E-state index in [1.165, 1.54) is 17.7 Å². The molecule has 1 aliphatic heterocycles. The van der Waals surface area contributed by atoms with Gasteiger partial charge in [0.25, 0.3) is 0 Å². The summed E-state index contributed by atoms with van der Waals surface area (Å²) in [5.41, 5.74) is 0.882. The highest BCUT2D eigenvalue weighted by Crippen LogP contribution is 2.29. The smallest absolute Gasteiger partial charge is 0.191 e. The number of rotatable bonds is 8. The summed E-state index contributed by atoms with van der Waals surface area (Å²) in [6.07, 6.45) is 5.34. The number of nitrogens with one attached hydrogen (secondary N) is 2. The largest absolute Gasteiger partial charge is 0.357 e. The molecule has 1 fully saturated rings. The van der Waals surface area contributed by atoms with Gasteiger partial charge in [-0.25, -0.2) is 0 Å². The molecule has 4 rings (SSSR count). The number of aromatic nitrogens is 3. The van der Waals surface area contributed by atoms with E-state index in [0.29, 0.717) is 6.04 Å². The van der Waals surface area contributed by atoms with Crippen molar-refractivity contribution in [2.24, 2.45) is 10.9 Å². The van der Waals surface area contributed by atoms with E-state index >= 15 is 0 Å². The molecule has 0 spiro atoms. The van der Waals surface area contributed by atoms with Crippen molar-refractivity contribution in [1.82, 2.24) is 30.1 Å². The van der Waals surface area contributed by atoms with E-state index in [-0.39, 0.29) is 0 Å². The van der Waals surface area contributed by atoms with Gasteiger partial charge < -0.3 is 10.6 Å². The summed E-state index contributed by atoms with van der Waals surface area (Å²) in [6, 6.07) is 10.7. The molecular formula is C23H33N7S. The van der Waals surface area contributed by atoms with Gasteiger partial charge >= 0.3 is 0 Å². The van der Waals surface area contributed by atoms with Crippen molar-refractivity contribution < 1.29 is 0 Å². The predicted molar refractivity (Wildman–Crippen MR) is 128 cm³/mol. The van der Waals surface area contributed by atoms with Crippen molar-refractivity contribution in [2.45, 2.75) is 39.2 Å². The first-order valence-corrected chi connectivity index (χ1v) is 12.2. The molecule has 0 aliphatic carbocycles. The average Bonchev–Trinajstić information content (AvgIpc) is 3.46. The van der Waals surface area contributed by atoms with E-state index in [1.54, 1.807) is 0 Å². The molecule has 3 aromatic rings. The molecular weight excluding hydrogens is 406 g/mol. The van der Waals surface area contributed by atoms with Crippen molar-refractivity contribution in [1.29, 1.82) is 0 Å². The van der Waals surface area contributed by atoms with Crippen molar-refractivity contribution in [3.8, 4) is 0 Å². The number of aliphatic imine (C=N–C) groups is 1.